The van der Waals surface area contributed by atoms with Crippen LogP contribution in [0.1, 0.15) is 34.1 Å². The maximum absolute atomic E-state index is 11.9. The van der Waals surface area contributed by atoms with Crippen molar-refractivity contribution in [3.8, 4) is 0 Å². The maximum Gasteiger partial charge on any atom is 0.325 e. The van der Waals surface area contributed by atoms with E-state index in [1.54, 1.807) is 13.8 Å². The molecule has 1 aliphatic heterocycles. The van der Waals surface area contributed by atoms with E-state index >= 15 is 0 Å². The van der Waals surface area contributed by atoms with Gasteiger partial charge < -0.3 is 15.7 Å². The largest absolute Gasteiger partial charge is 0.394 e. The molecule has 3 N–H and O–H groups in total. The van der Waals surface area contributed by atoms with Crippen LogP contribution in [0.15, 0.2) is 0 Å². The average Bonchev–Trinajstić information content (AvgIpc) is 2.50. The average molecular weight is 285 g/mol. The fraction of sp³-hybridized carbons (Fsp3) is 0.769. The highest BCUT2D eigenvalue weighted by Gasteiger charge is 2.44. The molecule has 1 aliphatic rings. The first-order chi connectivity index (χ1) is 9.17. The third-order valence-electron chi connectivity index (χ3n) is 3.09. The van der Waals surface area contributed by atoms with Crippen molar-refractivity contribution < 1.29 is 19.5 Å². The number of rotatable bonds is 6. The van der Waals surface area contributed by atoms with Gasteiger partial charge >= 0.3 is 6.03 Å². The van der Waals surface area contributed by atoms with E-state index in [-0.39, 0.29) is 19.2 Å². The minimum atomic E-state index is -0.980. The highest BCUT2D eigenvalue weighted by Crippen LogP contribution is 2.16. The third-order valence-corrected chi connectivity index (χ3v) is 3.09. The lowest BCUT2D eigenvalue weighted by atomic mass is 10.0. The zero-order valence-corrected chi connectivity index (χ0v) is 12.4. The number of amides is 4. The summed E-state index contributed by atoms with van der Waals surface area (Å²) >= 11 is 0. The third kappa shape index (κ3) is 3.93. The number of carbonyl (C=O) groups is 3. The molecular weight excluding hydrogens is 262 g/mol. The Kier molecular flexibility index (Phi) is 5.10. The second-order valence-electron chi connectivity index (χ2n) is 6.02. The molecule has 20 heavy (non-hydrogen) atoms. The number of hydrogen-bond donors (Lipinski definition) is 3. The van der Waals surface area contributed by atoms with Gasteiger partial charge in [-0.25, -0.2) is 4.79 Å². The van der Waals surface area contributed by atoms with Crippen molar-refractivity contribution in [2.24, 2.45) is 5.92 Å². The zero-order valence-electron chi connectivity index (χ0n) is 12.4. The molecule has 0 spiro atoms. The van der Waals surface area contributed by atoms with E-state index in [0.717, 1.165) is 4.90 Å². The van der Waals surface area contributed by atoms with Crippen LogP contribution in [-0.4, -0.2) is 52.6 Å². The van der Waals surface area contributed by atoms with Crippen LogP contribution in [0, 0.1) is 5.92 Å². The Hall–Kier alpha value is -1.63. The van der Waals surface area contributed by atoms with Crippen molar-refractivity contribution in [2.75, 3.05) is 13.2 Å². The first-order valence-corrected chi connectivity index (χ1v) is 6.71. The Bertz CT molecular complexity index is 406. The standard InChI is InChI=1S/C13H23N3O4/c1-8(2)5-9(7-17)14-10(18)6-16-11(19)13(3,4)15-12(16)20/h8-9,17H,5-7H2,1-4H3,(H,14,18)(H,15,20). The molecule has 0 aromatic carbocycles. The summed E-state index contributed by atoms with van der Waals surface area (Å²) in [6, 6.07) is -0.934. The molecular formula is C13H23N3O4. The smallest absolute Gasteiger partial charge is 0.325 e. The minimum absolute atomic E-state index is 0.171. The molecule has 114 valence electrons. The Morgan fingerprint density at radius 1 is 1.40 bits per heavy atom. The van der Waals surface area contributed by atoms with Crippen LogP contribution >= 0.6 is 0 Å². The van der Waals surface area contributed by atoms with Gasteiger partial charge in [0.05, 0.1) is 12.6 Å². The molecule has 1 rings (SSSR count). The number of urea groups is 1. The van der Waals surface area contributed by atoms with Gasteiger partial charge in [-0.2, -0.15) is 0 Å². The van der Waals surface area contributed by atoms with Crippen molar-refractivity contribution >= 4 is 17.8 Å². The van der Waals surface area contributed by atoms with E-state index < -0.39 is 23.4 Å². The SMILES string of the molecule is CC(C)CC(CO)NC(=O)CN1C(=O)NC(C)(C)C1=O. The van der Waals surface area contributed by atoms with Gasteiger partial charge in [0.25, 0.3) is 5.91 Å². The van der Waals surface area contributed by atoms with Crippen LogP contribution in [0.4, 0.5) is 4.79 Å². The van der Waals surface area contributed by atoms with Gasteiger partial charge in [0.1, 0.15) is 12.1 Å². The summed E-state index contributed by atoms with van der Waals surface area (Å²) in [5, 5.41) is 14.3. The predicted molar refractivity (Wildman–Crippen MR) is 72.8 cm³/mol. The second-order valence-corrected chi connectivity index (χ2v) is 6.02. The lowest BCUT2D eigenvalue weighted by molar-refractivity contribution is -0.134. The van der Waals surface area contributed by atoms with Gasteiger partial charge in [-0.15, -0.1) is 0 Å². The molecule has 1 heterocycles. The van der Waals surface area contributed by atoms with Crippen molar-refractivity contribution in [2.45, 2.75) is 45.7 Å². The Labute approximate surface area is 118 Å². The summed E-state index contributed by atoms with van der Waals surface area (Å²) in [4.78, 5) is 36.3. The summed E-state index contributed by atoms with van der Waals surface area (Å²) in [5.41, 5.74) is -0.980. The van der Waals surface area contributed by atoms with Gasteiger partial charge in [0.2, 0.25) is 5.91 Å². The summed E-state index contributed by atoms with van der Waals surface area (Å²) in [7, 11) is 0. The summed E-state index contributed by atoms with van der Waals surface area (Å²) in [5.74, 6) is -0.559. The highest BCUT2D eigenvalue weighted by molar-refractivity contribution is 6.08. The molecule has 1 atom stereocenters. The molecule has 0 aliphatic carbocycles. The Morgan fingerprint density at radius 3 is 2.40 bits per heavy atom. The topological polar surface area (TPSA) is 98.7 Å². The molecule has 0 radical (unpaired) electrons. The van der Waals surface area contributed by atoms with Gasteiger partial charge in [0.15, 0.2) is 0 Å². The van der Waals surface area contributed by atoms with Crippen molar-refractivity contribution in [3.05, 3.63) is 0 Å². The number of hydrogen-bond acceptors (Lipinski definition) is 4. The van der Waals surface area contributed by atoms with Gasteiger partial charge in [0, 0.05) is 0 Å². The zero-order chi connectivity index (χ0) is 15.5. The van der Waals surface area contributed by atoms with Crippen LogP contribution in [0.2, 0.25) is 0 Å². The van der Waals surface area contributed by atoms with Crippen molar-refractivity contribution in [1.82, 2.24) is 15.5 Å². The molecule has 1 unspecified atom stereocenters. The van der Waals surface area contributed by atoms with Crippen LogP contribution in [0.3, 0.4) is 0 Å². The quantitative estimate of drug-likeness (QED) is 0.591. The fourth-order valence-corrected chi connectivity index (χ4v) is 2.13. The van der Waals surface area contributed by atoms with Crippen LogP contribution in [-0.2, 0) is 9.59 Å². The minimum Gasteiger partial charge on any atom is -0.394 e. The molecule has 0 aromatic heterocycles. The van der Waals surface area contributed by atoms with Gasteiger partial charge in [-0.05, 0) is 26.2 Å². The molecule has 1 fully saturated rings. The Balaban J connectivity index is 2.58. The second kappa shape index (κ2) is 6.21. The molecule has 0 bridgehead atoms. The normalized spacial score (nSPS) is 19.2. The fourth-order valence-electron chi connectivity index (χ4n) is 2.13. The van der Waals surface area contributed by atoms with Crippen LogP contribution < -0.4 is 10.6 Å². The number of nitrogens with zero attached hydrogens (tertiary/aromatic N) is 1. The Morgan fingerprint density at radius 2 is 2.00 bits per heavy atom. The number of aliphatic hydroxyl groups excluding tert-OH is 1. The monoisotopic (exact) mass is 285 g/mol. The molecule has 1 saturated heterocycles. The van der Waals surface area contributed by atoms with E-state index in [9.17, 15) is 19.5 Å². The predicted octanol–water partition coefficient (Wildman–Crippen LogP) is -0.160. The van der Waals surface area contributed by atoms with Crippen LogP contribution in [0.5, 0.6) is 0 Å². The first kappa shape index (κ1) is 16.4. The van der Waals surface area contributed by atoms with Gasteiger partial charge in [-0.1, -0.05) is 13.8 Å². The molecule has 7 nitrogen and oxygen atoms in total. The highest BCUT2D eigenvalue weighted by atomic mass is 16.3. The van der Waals surface area contributed by atoms with E-state index in [4.69, 9.17) is 0 Å². The molecule has 7 heteroatoms. The summed E-state index contributed by atoms with van der Waals surface area (Å²) < 4.78 is 0. The summed E-state index contributed by atoms with van der Waals surface area (Å²) in [6.45, 7) is 6.63. The van der Waals surface area contributed by atoms with Gasteiger partial charge in [-0.3, -0.25) is 14.5 Å². The molecule has 0 aromatic rings. The van der Waals surface area contributed by atoms with E-state index in [1.165, 1.54) is 0 Å². The molecule has 0 saturated carbocycles. The lowest BCUT2D eigenvalue weighted by Gasteiger charge is -2.20. The first-order valence-electron chi connectivity index (χ1n) is 6.71. The van der Waals surface area contributed by atoms with Crippen molar-refractivity contribution in [3.63, 3.8) is 0 Å². The number of carbonyl (C=O) groups excluding carboxylic acids is 3. The lowest BCUT2D eigenvalue weighted by Crippen LogP contribution is -2.46. The molecule has 4 amide bonds. The van der Waals surface area contributed by atoms with E-state index in [1.807, 2.05) is 13.8 Å². The van der Waals surface area contributed by atoms with Crippen molar-refractivity contribution in [1.29, 1.82) is 0 Å². The number of nitrogens with one attached hydrogen (secondary N) is 2. The van der Waals surface area contributed by atoms with E-state index in [0.29, 0.717) is 12.3 Å². The summed E-state index contributed by atoms with van der Waals surface area (Å²) in [6.07, 6.45) is 0.633. The van der Waals surface area contributed by atoms with E-state index in [2.05, 4.69) is 10.6 Å². The number of aliphatic hydroxyl groups is 1. The number of imide groups is 1. The maximum atomic E-state index is 11.9. The van der Waals surface area contributed by atoms with Crippen LogP contribution in [0.25, 0.3) is 0 Å².